The molecule has 4 heteroatoms. The molecule has 0 amide bonds. The lowest BCUT2D eigenvalue weighted by Crippen LogP contribution is -2.46. The SMILES string of the molecule is CC#C[C@]1(O)CC[C@H]2[C@@H]3CCC4=CC(=O)CCC4=C(C3)[C@@H](c3c(F)cc(CC)cc3F)C[C@@]21C. The van der Waals surface area contributed by atoms with E-state index in [4.69, 9.17) is 0 Å². The van der Waals surface area contributed by atoms with Gasteiger partial charge in [0.15, 0.2) is 5.78 Å². The van der Waals surface area contributed by atoms with Crippen molar-refractivity contribution >= 4 is 5.78 Å². The average Bonchev–Trinajstić information content (AvgIpc) is 2.91. The number of hydrogen-bond acceptors (Lipinski definition) is 2. The van der Waals surface area contributed by atoms with Crippen molar-refractivity contribution in [1.82, 2.24) is 0 Å². The number of fused-ring (bicyclic) bond motifs is 5. The Labute approximate surface area is 201 Å². The molecule has 1 aromatic carbocycles. The molecule has 0 aromatic heterocycles. The highest BCUT2D eigenvalue weighted by Gasteiger charge is 2.60. The van der Waals surface area contributed by atoms with Crippen LogP contribution in [0.3, 0.4) is 0 Å². The molecule has 0 aliphatic heterocycles. The van der Waals surface area contributed by atoms with E-state index in [2.05, 4.69) is 18.8 Å². The van der Waals surface area contributed by atoms with E-state index in [1.807, 2.05) is 6.92 Å². The molecule has 5 atom stereocenters. The number of carbonyl (C=O) groups is 1. The largest absolute Gasteiger partial charge is 0.377 e. The Morgan fingerprint density at radius 2 is 1.88 bits per heavy atom. The quantitative estimate of drug-likeness (QED) is 0.503. The zero-order chi connectivity index (χ0) is 24.3. The van der Waals surface area contributed by atoms with Crippen LogP contribution in [0.25, 0.3) is 0 Å². The van der Waals surface area contributed by atoms with Crippen molar-refractivity contribution in [3.8, 4) is 11.8 Å². The summed E-state index contributed by atoms with van der Waals surface area (Å²) in [4.78, 5) is 12.2. The van der Waals surface area contributed by atoms with Crippen LogP contribution < -0.4 is 0 Å². The summed E-state index contributed by atoms with van der Waals surface area (Å²) in [6.07, 6.45) is 7.85. The zero-order valence-corrected chi connectivity index (χ0v) is 20.4. The summed E-state index contributed by atoms with van der Waals surface area (Å²) < 4.78 is 31.2. The van der Waals surface area contributed by atoms with Gasteiger partial charge in [-0.05, 0) is 105 Å². The van der Waals surface area contributed by atoms with Crippen molar-refractivity contribution in [3.63, 3.8) is 0 Å². The van der Waals surface area contributed by atoms with Crippen LogP contribution in [-0.2, 0) is 11.2 Å². The van der Waals surface area contributed by atoms with E-state index in [-0.39, 0.29) is 17.3 Å². The molecule has 5 rings (SSSR count). The minimum atomic E-state index is -1.17. The molecule has 2 saturated carbocycles. The third-order valence-electron chi connectivity index (χ3n) is 9.42. The monoisotopic (exact) mass is 464 g/mol. The van der Waals surface area contributed by atoms with Crippen molar-refractivity contribution in [2.45, 2.75) is 90.1 Å². The number of rotatable bonds is 2. The predicted octanol–water partition coefficient (Wildman–Crippen LogP) is 6.57. The molecule has 0 spiro atoms. The number of aryl methyl sites for hydroxylation is 1. The minimum Gasteiger partial charge on any atom is -0.377 e. The fourth-order valence-electron chi connectivity index (χ4n) is 7.66. The fraction of sp³-hybridized carbons (Fsp3) is 0.567. The van der Waals surface area contributed by atoms with E-state index in [0.717, 1.165) is 42.4 Å². The number of ketones is 1. The molecule has 2 bridgehead atoms. The summed E-state index contributed by atoms with van der Waals surface area (Å²) in [6, 6.07) is 2.94. The number of carbonyl (C=O) groups excluding carboxylic acids is 1. The Morgan fingerprint density at radius 1 is 1.15 bits per heavy atom. The molecule has 2 fully saturated rings. The van der Waals surface area contributed by atoms with Gasteiger partial charge < -0.3 is 5.11 Å². The maximum Gasteiger partial charge on any atom is 0.156 e. The Hall–Kier alpha value is -2.25. The minimum absolute atomic E-state index is 0.122. The molecule has 1 aromatic rings. The molecule has 0 radical (unpaired) electrons. The summed E-state index contributed by atoms with van der Waals surface area (Å²) in [7, 11) is 0. The van der Waals surface area contributed by atoms with Crippen molar-refractivity contribution in [1.29, 1.82) is 0 Å². The zero-order valence-electron chi connectivity index (χ0n) is 20.4. The highest BCUT2D eigenvalue weighted by atomic mass is 19.1. The fourth-order valence-corrected chi connectivity index (χ4v) is 7.66. The van der Waals surface area contributed by atoms with Gasteiger partial charge in [-0.3, -0.25) is 4.79 Å². The van der Waals surface area contributed by atoms with Gasteiger partial charge >= 0.3 is 0 Å². The van der Waals surface area contributed by atoms with E-state index in [1.54, 1.807) is 13.0 Å². The van der Waals surface area contributed by atoms with Crippen molar-refractivity contribution in [3.05, 3.63) is 57.7 Å². The molecule has 0 saturated heterocycles. The molecule has 4 aliphatic rings. The number of halogens is 2. The number of aliphatic hydroxyl groups is 1. The third kappa shape index (κ3) is 3.51. The average molecular weight is 465 g/mol. The first-order valence-electron chi connectivity index (χ1n) is 12.8. The highest BCUT2D eigenvalue weighted by Crippen LogP contribution is 2.64. The number of benzene rings is 1. The van der Waals surface area contributed by atoms with Crippen LogP contribution >= 0.6 is 0 Å². The maximum atomic E-state index is 15.6. The summed E-state index contributed by atoms with van der Waals surface area (Å²) in [5.74, 6) is 5.23. The van der Waals surface area contributed by atoms with Crippen LogP contribution in [0.5, 0.6) is 0 Å². The predicted molar refractivity (Wildman–Crippen MR) is 129 cm³/mol. The first kappa shape index (κ1) is 23.5. The van der Waals surface area contributed by atoms with Gasteiger partial charge in [-0.1, -0.05) is 25.3 Å². The molecule has 34 heavy (non-hydrogen) atoms. The second-order valence-electron chi connectivity index (χ2n) is 11.0. The highest BCUT2D eigenvalue weighted by molar-refractivity contribution is 5.93. The van der Waals surface area contributed by atoms with Crippen molar-refractivity contribution in [2.24, 2.45) is 17.3 Å². The van der Waals surface area contributed by atoms with Gasteiger partial charge in [0.25, 0.3) is 0 Å². The lowest BCUT2D eigenvalue weighted by molar-refractivity contribution is -0.114. The van der Waals surface area contributed by atoms with E-state index < -0.39 is 28.6 Å². The molecule has 2 nitrogen and oxygen atoms in total. The maximum absolute atomic E-state index is 15.6. The molecule has 180 valence electrons. The topological polar surface area (TPSA) is 37.3 Å². The van der Waals surface area contributed by atoms with Gasteiger partial charge in [-0.2, -0.15) is 0 Å². The Bertz CT molecular complexity index is 1140. The Kier molecular flexibility index (Phi) is 5.84. The number of allylic oxidation sites excluding steroid dienone is 4. The van der Waals surface area contributed by atoms with Gasteiger partial charge in [0.1, 0.15) is 17.2 Å². The van der Waals surface area contributed by atoms with Crippen LogP contribution in [0.15, 0.2) is 34.9 Å². The summed E-state index contributed by atoms with van der Waals surface area (Å²) in [5.41, 5.74) is 2.32. The lowest BCUT2D eigenvalue weighted by atomic mass is 9.63. The number of hydrogen-bond donors (Lipinski definition) is 1. The molecule has 0 heterocycles. The van der Waals surface area contributed by atoms with Gasteiger partial charge in [0.05, 0.1) is 0 Å². The first-order chi connectivity index (χ1) is 16.2. The summed E-state index contributed by atoms with van der Waals surface area (Å²) in [5, 5.41) is 11.8. The van der Waals surface area contributed by atoms with Crippen LogP contribution in [0.4, 0.5) is 8.78 Å². The molecule has 4 aliphatic carbocycles. The van der Waals surface area contributed by atoms with Gasteiger partial charge in [0.2, 0.25) is 0 Å². The summed E-state index contributed by atoms with van der Waals surface area (Å²) in [6.45, 7) is 5.74. The van der Waals surface area contributed by atoms with E-state index >= 15 is 8.78 Å². The van der Waals surface area contributed by atoms with Gasteiger partial charge in [-0.25, -0.2) is 8.78 Å². The van der Waals surface area contributed by atoms with E-state index in [9.17, 15) is 9.90 Å². The molecular formula is C30H34F2O2. The molecular weight excluding hydrogens is 430 g/mol. The first-order valence-corrected chi connectivity index (χ1v) is 12.8. The van der Waals surface area contributed by atoms with Crippen LogP contribution in [0.1, 0.15) is 89.2 Å². The van der Waals surface area contributed by atoms with E-state index in [1.165, 1.54) is 12.1 Å². The van der Waals surface area contributed by atoms with Crippen molar-refractivity contribution < 1.29 is 18.7 Å². The normalized spacial score (nSPS) is 34.9. The van der Waals surface area contributed by atoms with Crippen molar-refractivity contribution in [2.75, 3.05) is 0 Å². The van der Waals surface area contributed by atoms with E-state index in [0.29, 0.717) is 43.6 Å². The lowest BCUT2D eigenvalue weighted by Gasteiger charge is -2.43. The summed E-state index contributed by atoms with van der Waals surface area (Å²) >= 11 is 0. The van der Waals surface area contributed by atoms with Gasteiger partial charge in [0, 0.05) is 23.3 Å². The molecule has 0 unspecified atom stereocenters. The second-order valence-corrected chi connectivity index (χ2v) is 11.0. The van der Waals surface area contributed by atoms with Crippen LogP contribution in [-0.4, -0.2) is 16.5 Å². The standard InChI is InChI=1S/C30H34F2O2/c1-4-11-30(34)12-10-25-20-7-6-19-15-21(33)8-9-22(19)23(16-20)24(17-29(25,30)3)28-26(31)13-18(5-2)14-27(28)32/h13-15,20,24-25,34H,5-10,12,16-17H2,1-3H3/t20-,24+,25+,29+,30+/m1/s1. The van der Waals surface area contributed by atoms with Crippen LogP contribution in [0.2, 0.25) is 0 Å². The second kappa shape index (κ2) is 8.45. The van der Waals surface area contributed by atoms with Gasteiger partial charge in [-0.15, -0.1) is 5.92 Å². The smallest absolute Gasteiger partial charge is 0.156 e. The van der Waals surface area contributed by atoms with Crippen LogP contribution in [0, 0.1) is 40.7 Å². The Balaban J connectivity index is 1.76. The molecule has 1 N–H and O–H groups in total. The Morgan fingerprint density at radius 3 is 2.56 bits per heavy atom. The third-order valence-corrected chi connectivity index (χ3v) is 9.42.